The van der Waals surface area contributed by atoms with E-state index in [1.165, 1.54) is 16.1 Å². The Morgan fingerprint density at radius 2 is 1.95 bits per heavy atom. The van der Waals surface area contributed by atoms with Crippen LogP contribution in [0.3, 0.4) is 0 Å². The molecule has 0 amide bonds. The largest absolute Gasteiger partial charge is 0.380 e. The van der Waals surface area contributed by atoms with Crippen LogP contribution < -0.4 is 5.32 Å². The summed E-state index contributed by atoms with van der Waals surface area (Å²) in [4.78, 5) is 3.77. The minimum atomic E-state index is 0.857. The molecule has 3 rings (SSSR count). The van der Waals surface area contributed by atoms with Gasteiger partial charge in [-0.2, -0.15) is 0 Å². The Morgan fingerprint density at radius 1 is 1.19 bits per heavy atom. The van der Waals surface area contributed by atoms with E-state index in [-0.39, 0.29) is 0 Å². The fourth-order valence-corrected chi connectivity index (χ4v) is 3.77. The number of thiophene rings is 1. The standard InChI is InChI=1S/C16H19BrN2OS/c17-14-9-16(21-12-14)10-18-15-3-1-13(2-4-15)11-19-5-7-20-8-6-19/h1-4,9,12,18H,5-8,10-11H2. The van der Waals surface area contributed by atoms with Crippen molar-refractivity contribution in [1.82, 2.24) is 4.90 Å². The summed E-state index contributed by atoms with van der Waals surface area (Å²) in [6.07, 6.45) is 0. The average molecular weight is 367 g/mol. The summed E-state index contributed by atoms with van der Waals surface area (Å²) >= 11 is 5.25. The molecule has 1 aliphatic heterocycles. The van der Waals surface area contributed by atoms with Crippen LogP contribution in [-0.2, 0) is 17.8 Å². The summed E-state index contributed by atoms with van der Waals surface area (Å²) in [6.45, 7) is 5.67. The van der Waals surface area contributed by atoms with E-state index in [1.807, 2.05) is 0 Å². The van der Waals surface area contributed by atoms with Gasteiger partial charge in [0.1, 0.15) is 0 Å². The molecule has 0 bridgehead atoms. The van der Waals surface area contributed by atoms with Crippen molar-refractivity contribution in [1.29, 1.82) is 0 Å². The Bertz CT molecular complexity index is 564. The molecule has 1 aliphatic rings. The number of rotatable bonds is 5. The van der Waals surface area contributed by atoms with Gasteiger partial charge in [0.2, 0.25) is 0 Å². The summed E-state index contributed by atoms with van der Waals surface area (Å²) in [7, 11) is 0. The van der Waals surface area contributed by atoms with E-state index in [4.69, 9.17) is 4.74 Å². The van der Waals surface area contributed by atoms with Gasteiger partial charge in [-0.15, -0.1) is 11.3 Å². The molecule has 0 radical (unpaired) electrons. The van der Waals surface area contributed by atoms with E-state index in [9.17, 15) is 0 Å². The maximum Gasteiger partial charge on any atom is 0.0594 e. The lowest BCUT2D eigenvalue weighted by molar-refractivity contribution is 0.0342. The summed E-state index contributed by atoms with van der Waals surface area (Å²) < 4.78 is 6.54. The van der Waals surface area contributed by atoms with E-state index >= 15 is 0 Å². The van der Waals surface area contributed by atoms with Gasteiger partial charge in [-0.1, -0.05) is 12.1 Å². The molecule has 21 heavy (non-hydrogen) atoms. The highest BCUT2D eigenvalue weighted by Gasteiger charge is 2.10. The van der Waals surface area contributed by atoms with Gasteiger partial charge in [-0.05, 0) is 39.7 Å². The highest BCUT2D eigenvalue weighted by Crippen LogP contribution is 2.21. The van der Waals surface area contributed by atoms with Gasteiger partial charge >= 0.3 is 0 Å². The van der Waals surface area contributed by atoms with Gasteiger partial charge in [0, 0.05) is 46.6 Å². The van der Waals surface area contributed by atoms with Gasteiger partial charge in [0.25, 0.3) is 0 Å². The molecule has 2 aromatic rings. The van der Waals surface area contributed by atoms with Crippen LogP contribution in [0.15, 0.2) is 40.2 Å². The highest BCUT2D eigenvalue weighted by atomic mass is 79.9. The quantitative estimate of drug-likeness (QED) is 0.866. The Hall–Kier alpha value is -0.880. The maximum absolute atomic E-state index is 5.38. The van der Waals surface area contributed by atoms with Crippen molar-refractivity contribution in [2.45, 2.75) is 13.1 Å². The lowest BCUT2D eigenvalue weighted by Crippen LogP contribution is -2.35. The van der Waals surface area contributed by atoms with Crippen molar-refractivity contribution in [2.24, 2.45) is 0 Å². The molecule has 2 heterocycles. The molecular weight excluding hydrogens is 348 g/mol. The second-order valence-corrected chi connectivity index (χ2v) is 7.08. The number of benzene rings is 1. The zero-order chi connectivity index (χ0) is 14.5. The second-order valence-electron chi connectivity index (χ2n) is 5.17. The van der Waals surface area contributed by atoms with Gasteiger partial charge in [-0.3, -0.25) is 4.90 Å². The highest BCUT2D eigenvalue weighted by molar-refractivity contribution is 9.10. The van der Waals surface area contributed by atoms with Crippen molar-refractivity contribution in [3.8, 4) is 0 Å². The van der Waals surface area contributed by atoms with E-state index < -0.39 is 0 Å². The Balaban J connectivity index is 1.51. The molecular formula is C16H19BrN2OS. The third kappa shape index (κ3) is 4.54. The fourth-order valence-electron chi connectivity index (χ4n) is 2.38. The average Bonchev–Trinajstić information content (AvgIpc) is 2.93. The first-order valence-electron chi connectivity index (χ1n) is 7.15. The second kappa shape index (κ2) is 7.40. The zero-order valence-electron chi connectivity index (χ0n) is 11.8. The molecule has 1 N–H and O–H groups in total. The minimum absolute atomic E-state index is 0.857. The summed E-state index contributed by atoms with van der Waals surface area (Å²) in [5.41, 5.74) is 2.53. The van der Waals surface area contributed by atoms with Crippen molar-refractivity contribution < 1.29 is 4.74 Å². The number of hydrogen-bond donors (Lipinski definition) is 1. The van der Waals surface area contributed by atoms with Crippen LogP contribution in [-0.4, -0.2) is 31.2 Å². The number of hydrogen-bond acceptors (Lipinski definition) is 4. The molecule has 0 saturated carbocycles. The number of morpholine rings is 1. The van der Waals surface area contributed by atoms with Crippen LogP contribution in [0.25, 0.3) is 0 Å². The molecule has 1 fully saturated rings. The van der Waals surface area contributed by atoms with E-state index in [2.05, 4.69) is 61.9 Å². The lowest BCUT2D eigenvalue weighted by Gasteiger charge is -2.26. The smallest absolute Gasteiger partial charge is 0.0594 e. The van der Waals surface area contributed by atoms with E-state index in [1.54, 1.807) is 11.3 Å². The van der Waals surface area contributed by atoms with Crippen LogP contribution in [0.5, 0.6) is 0 Å². The van der Waals surface area contributed by atoms with E-state index in [0.717, 1.165) is 43.9 Å². The monoisotopic (exact) mass is 366 g/mol. The van der Waals surface area contributed by atoms with Crippen LogP contribution in [0.1, 0.15) is 10.4 Å². The molecule has 0 spiro atoms. The number of anilines is 1. The molecule has 1 saturated heterocycles. The predicted molar refractivity (Wildman–Crippen MR) is 91.9 cm³/mol. The number of halogens is 1. The maximum atomic E-state index is 5.38. The summed E-state index contributed by atoms with van der Waals surface area (Å²) in [5, 5.41) is 5.57. The Morgan fingerprint density at radius 3 is 2.62 bits per heavy atom. The molecule has 3 nitrogen and oxygen atoms in total. The Labute approximate surface area is 138 Å². The van der Waals surface area contributed by atoms with Crippen molar-refractivity contribution in [2.75, 3.05) is 31.6 Å². The van der Waals surface area contributed by atoms with Gasteiger partial charge < -0.3 is 10.1 Å². The molecule has 0 aliphatic carbocycles. The topological polar surface area (TPSA) is 24.5 Å². The van der Waals surface area contributed by atoms with Crippen molar-refractivity contribution in [3.05, 3.63) is 50.6 Å². The number of nitrogens with zero attached hydrogens (tertiary/aromatic N) is 1. The summed E-state index contributed by atoms with van der Waals surface area (Å²) in [6, 6.07) is 10.9. The number of nitrogens with one attached hydrogen (secondary N) is 1. The number of ether oxygens (including phenoxy) is 1. The van der Waals surface area contributed by atoms with Gasteiger partial charge in [0.05, 0.1) is 13.2 Å². The lowest BCUT2D eigenvalue weighted by atomic mass is 10.2. The van der Waals surface area contributed by atoms with Crippen molar-refractivity contribution >= 4 is 33.0 Å². The molecule has 1 aromatic heterocycles. The first-order valence-corrected chi connectivity index (χ1v) is 8.83. The normalized spacial score (nSPS) is 16.0. The molecule has 5 heteroatoms. The van der Waals surface area contributed by atoms with Gasteiger partial charge in [-0.25, -0.2) is 0 Å². The fraction of sp³-hybridized carbons (Fsp3) is 0.375. The van der Waals surface area contributed by atoms with Gasteiger partial charge in [0.15, 0.2) is 0 Å². The van der Waals surface area contributed by atoms with Crippen LogP contribution in [0.2, 0.25) is 0 Å². The summed E-state index contributed by atoms with van der Waals surface area (Å²) in [5.74, 6) is 0. The van der Waals surface area contributed by atoms with Crippen LogP contribution >= 0.6 is 27.3 Å². The van der Waals surface area contributed by atoms with Crippen LogP contribution in [0, 0.1) is 0 Å². The third-order valence-corrected chi connectivity index (χ3v) is 5.25. The molecule has 0 unspecified atom stereocenters. The van der Waals surface area contributed by atoms with Crippen molar-refractivity contribution in [3.63, 3.8) is 0 Å². The SMILES string of the molecule is Brc1csc(CNc2ccc(CN3CCOCC3)cc2)c1. The third-order valence-electron chi connectivity index (χ3n) is 3.55. The first-order chi connectivity index (χ1) is 10.3. The molecule has 0 atom stereocenters. The Kier molecular flexibility index (Phi) is 5.30. The zero-order valence-corrected chi connectivity index (χ0v) is 14.3. The van der Waals surface area contributed by atoms with E-state index in [0.29, 0.717) is 0 Å². The minimum Gasteiger partial charge on any atom is -0.380 e. The van der Waals surface area contributed by atoms with Crippen LogP contribution in [0.4, 0.5) is 5.69 Å². The molecule has 1 aromatic carbocycles. The predicted octanol–water partition coefficient (Wildman–Crippen LogP) is 3.95. The first kappa shape index (κ1) is 15.0. The molecule has 112 valence electrons.